The van der Waals surface area contributed by atoms with E-state index in [1.807, 2.05) is 6.92 Å². The van der Waals surface area contributed by atoms with E-state index in [-0.39, 0.29) is 35.3 Å². The summed E-state index contributed by atoms with van der Waals surface area (Å²) in [5.74, 6) is -0.232. The van der Waals surface area contributed by atoms with Crippen LogP contribution in [0.2, 0.25) is 0 Å². The van der Waals surface area contributed by atoms with Crippen LogP contribution in [-0.4, -0.2) is 19.3 Å². The number of nitrogens with one attached hydrogen (secondary N) is 1. The Labute approximate surface area is 131 Å². The van der Waals surface area contributed by atoms with E-state index in [1.165, 1.54) is 6.08 Å². The van der Waals surface area contributed by atoms with Crippen LogP contribution in [0.4, 0.5) is 13.2 Å². The lowest BCUT2D eigenvalue weighted by molar-refractivity contribution is 0.0969. The van der Waals surface area contributed by atoms with E-state index in [9.17, 15) is 13.2 Å². The minimum Gasteiger partial charge on any atom is -0.316 e. The standard InChI is InChI=1S/C18H26F3N/c1-11-5-6-14(18(21)8-17(11)20)16-10-22-9-12-3-2-4-13(19)7-15(12)16/h7-8,11-12,14-16,18,22H,2-6,9-10H2,1H3. The summed E-state index contributed by atoms with van der Waals surface area (Å²) in [7, 11) is 0. The largest absolute Gasteiger partial charge is 0.316 e. The summed E-state index contributed by atoms with van der Waals surface area (Å²) in [5, 5.41) is 3.40. The third-order valence-corrected chi connectivity index (χ3v) is 5.87. The molecule has 0 radical (unpaired) electrons. The monoisotopic (exact) mass is 313 g/mol. The van der Waals surface area contributed by atoms with Gasteiger partial charge >= 0.3 is 0 Å². The zero-order chi connectivity index (χ0) is 15.7. The van der Waals surface area contributed by atoms with Crippen molar-refractivity contribution in [2.24, 2.45) is 29.6 Å². The van der Waals surface area contributed by atoms with Crippen LogP contribution in [0.3, 0.4) is 0 Å². The van der Waals surface area contributed by atoms with Gasteiger partial charge < -0.3 is 5.32 Å². The Hall–Kier alpha value is -0.770. The molecule has 124 valence electrons. The van der Waals surface area contributed by atoms with Gasteiger partial charge in [-0.25, -0.2) is 13.2 Å². The van der Waals surface area contributed by atoms with E-state index in [1.54, 1.807) is 6.08 Å². The third-order valence-electron chi connectivity index (χ3n) is 5.87. The number of fused-ring (bicyclic) bond motifs is 1. The summed E-state index contributed by atoms with van der Waals surface area (Å²) >= 11 is 0. The van der Waals surface area contributed by atoms with Crippen molar-refractivity contribution in [1.82, 2.24) is 5.32 Å². The predicted molar refractivity (Wildman–Crippen MR) is 82.4 cm³/mol. The Morgan fingerprint density at radius 1 is 1.05 bits per heavy atom. The molecule has 0 saturated carbocycles. The van der Waals surface area contributed by atoms with Crippen molar-refractivity contribution >= 4 is 0 Å². The molecule has 6 atom stereocenters. The second-order valence-electron chi connectivity index (χ2n) is 7.30. The summed E-state index contributed by atoms with van der Waals surface area (Å²) in [5.41, 5.74) is 0. The van der Waals surface area contributed by atoms with Crippen LogP contribution >= 0.6 is 0 Å². The van der Waals surface area contributed by atoms with E-state index in [2.05, 4.69) is 5.32 Å². The highest BCUT2D eigenvalue weighted by atomic mass is 19.1. The Bertz CT molecular complexity index is 459. The molecule has 0 aromatic rings. The Balaban J connectivity index is 1.84. The molecular formula is C18H26F3N. The van der Waals surface area contributed by atoms with E-state index in [4.69, 9.17) is 0 Å². The molecule has 0 aromatic heterocycles. The molecule has 1 saturated heterocycles. The average molecular weight is 313 g/mol. The first-order chi connectivity index (χ1) is 10.6. The Kier molecular flexibility index (Phi) is 4.96. The fourth-order valence-corrected chi connectivity index (χ4v) is 4.50. The molecule has 1 aliphatic heterocycles. The highest BCUT2D eigenvalue weighted by molar-refractivity contribution is 5.11. The first-order valence-corrected chi connectivity index (χ1v) is 8.64. The summed E-state index contributed by atoms with van der Waals surface area (Å²) in [6, 6.07) is 0. The number of halogens is 3. The van der Waals surface area contributed by atoms with Crippen LogP contribution in [0.1, 0.15) is 39.0 Å². The second-order valence-corrected chi connectivity index (χ2v) is 7.30. The molecule has 1 heterocycles. The number of alkyl halides is 1. The Morgan fingerprint density at radius 2 is 1.86 bits per heavy atom. The van der Waals surface area contributed by atoms with Crippen LogP contribution in [0.25, 0.3) is 0 Å². The summed E-state index contributed by atoms with van der Waals surface area (Å²) in [4.78, 5) is 0. The van der Waals surface area contributed by atoms with Crippen LogP contribution < -0.4 is 5.32 Å². The predicted octanol–water partition coefficient (Wildman–Crippen LogP) is 4.71. The summed E-state index contributed by atoms with van der Waals surface area (Å²) in [6.07, 6.45) is 5.39. The highest BCUT2D eigenvalue weighted by Crippen LogP contribution is 2.43. The van der Waals surface area contributed by atoms with E-state index in [0.717, 1.165) is 19.4 Å². The molecule has 2 aliphatic carbocycles. The molecule has 1 N–H and O–H groups in total. The third kappa shape index (κ3) is 3.27. The van der Waals surface area contributed by atoms with Gasteiger partial charge in [-0.3, -0.25) is 0 Å². The van der Waals surface area contributed by atoms with Crippen molar-refractivity contribution in [2.75, 3.05) is 13.1 Å². The minimum absolute atomic E-state index is 0.0430. The van der Waals surface area contributed by atoms with Crippen LogP contribution in [0.15, 0.2) is 23.8 Å². The molecule has 0 aromatic carbocycles. The lowest BCUT2D eigenvalue weighted by Crippen LogP contribution is -2.47. The maximum atomic E-state index is 14.6. The first-order valence-electron chi connectivity index (χ1n) is 8.64. The number of rotatable bonds is 1. The van der Waals surface area contributed by atoms with Gasteiger partial charge in [0.2, 0.25) is 0 Å². The van der Waals surface area contributed by atoms with Gasteiger partial charge in [-0.2, -0.15) is 0 Å². The molecule has 1 fully saturated rings. The van der Waals surface area contributed by atoms with Gasteiger partial charge in [0.25, 0.3) is 0 Å². The highest BCUT2D eigenvalue weighted by Gasteiger charge is 2.41. The lowest BCUT2D eigenvalue weighted by Gasteiger charge is -2.41. The fourth-order valence-electron chi connectivity index (χ4n) is 4.50. The van der Waals surface area contributed by atoms with Crippen LogP contribution in [-0.2, 0) is 0 Å². The molecule has 0 bridgehead atoms. The van der Waals surface area contributed by atoms with E-state index in [0.29, 0.717) is 31.7 Å². The van der Waals surface area contributed by atoms with Crippen LogP contribution in [0, 0.1) is 29.6 Å². The van der Waals surface area contributed by atoms with Gasteiger partial charge in [0.05, 0.1) is 5.83 Å². The minimum atomic E-state index is -1.25. The van der Waals surface area contributed by atoms with Crippen molar-refractivity contribution in [2.45, 2.75) is 45.2 Å². The maximum absolute atomic E-state index is 14.6. The molecule has 1 nitrogen and oxygen atoms in total. The zero-order valence-corrected chi connectivity index (χ0v) is 13.2. The average Bonchev–Trinajstić information content (AvgIpc) is 2.74. The molecule has 0 amide bonds. The van der Waals surface area contributed by atoms with Gasteiger partial charge in [-0.05, 0) is 81.0 Å². The van der Waals surface area contributed by atoms with Gasteiger partial charge in [0.1, 0.15) is 12.0 Å². The fraction of sp³-hybridized carbons (Fsp3) is 0.778. The zero-order valence-electron chi connectivity index (χ0n) is 13.2. The number of hydrogen-bond donors (Lipinski definition) is 1. The first kappa shape index (κ1) is 16.1. The van der Waals surface area contributed by atoms with E-state index >= 15 is 0 Å². The van der Waals surface area contributed by atoms with Gasteiger partial charge in [0.15, 0.2) is 0 Å². The smallest absolute Gasteiger partial charge is 0.124 e. The SMILES string of the molecule is CC1CCC(C2CNCC3CCCC(F)=CC32)C(F)C=C1F. The number of piperidine rings is 1. The van der Waals surface area contributed by atoms with E-state index < -0.39 is 6.17 Å². The maximum Gasteiger partial charge on any atom is 0.124 e. The van der Waals surface area contributed by atoms with Gasteiger partial charge in [-0.1, -0.05) is 6.92 Å². The molecule has 22 heavy (non-hydrogen) atoms. The summed E-state index contributed by atoms with van der Waals surface area (Å²) < 4.78 is 42.4. The Morgan fingerprint density at radius 3 is 2.68 bits per heavy atom. The molecular weight excluding hydrogens is 287 g/mol. The second kappa shape index (κ2) is 6.77. The normalized spacial score (nSPS) is 43.5. The lowest BCUT2D eigenvalue weighted by atomic mass is 9.69. The quantitative estimate of drug-likeness (QED) is 0.739. The molecule has 3 aliphatic rings. The number of hydrogen-bond acceptors (Lipinski definition) is 1. The van der Waals surface area contributed by atoms with Crippen molar-refractivity contribution in [3.05, 3.63) is 23.8 Å². The van der Waals surface area contributed by atoms with Crippen molar-refractivity contribution < 1.29 is 13.2 Å². The van der Waals surface area contributed by atoms with Crippen LogP contribution in [0.5, 0.6) is 0 Å². The van der Waals surface area contributed by atoms with Crippen molar-refractivity contribution in [3.8, 4) is 0 Å². The van der Waals surface area contributed by atoms with Gasteiger partial charge in [0, 0.05) is 5.92 Å². The number of allylic oxidation sites excluding steroid dienone is 4. The topological polar surface area (TPSA) is 12.0 Å². The van der Waals surface area contributed by atoms with Crippen molar-refractivity contribution in [1.29, 1.82) is 0 Å². The van der Waals surface area contributed by atoms with Crippen molar-refractivity contribution in [3.63, 3.8) is 0 Å². The summed E-state index contributed by atoms with van der Waals surface area (Å²) in [6.45, 7) is 3.41. The molecule has 4 heteroatoms. The molecule has 3 rings (SSSR count). The van der Waals surface area contributed by atoms with Gasteiger partial charge in [-0.15, -0.1) is 0 Å². The molecule has 0 spiro atoms. The molecule has 6 unspecified atom stereocenters.